The van der Waals surface area contributed by atoms with E-state index in [1.165, 1.54) is 5.56 Å². The number of nitrogens with two attached hydrogens (primary N) is 1. The van der Waals surface area contributed by atoms with Crippen molar-refractivity contribution >= 4 is 23.5 Å². The maximum Gasteiger partial charge on any atom is 0.224 e. The summed E-state index contributed by atoms with van der Waals surface area (Å²) in [6.45, 7) is 10.4. The van der Waals surface area contributed by atoms with Crippen molar-refractivity contribution < 1.29 is 4.74 Å². The Balaban J connectivity index is 0.00000139. The van der Waals surface area contributed by atoms with E-state index in [1.807, 2.05) is 20.8 Å². The molecule has 0 atom stereocenters. The van der Waals surface area contributed by atoms with Crippen molar-refractivity contribution in [2.75, 3.05) is 25.2 Å². The van der Waals surface area contributed by atoms with Gasteiger partial charge in [-0.05, 0) is 36.1 Å². The maximum atomic E-state index is 6.03. The third kappa shape index (κ3) is 4.77. The van der Waals surface area contributed by atoms with Gasteiger partial charge in [-0.25, -0.2) is 4.98 Å². The second-order valence-electron chi connectivity index (χ2n) is 5.31. The fourth-order valence-electron chi connectivity index (χ4n) is 2.14. The Morgan fingerprint density at radius 2 is 1.88 bits per heavy atom. The standard InChI is InChI=1S/C16H22N4OS.C2H6/c1-9(2)11-7-12(21-5)10(3)6-13(11)22-14-8-19-16(18-4)20-15(14)17;1-2/h6-9H,1-5H3,(H3,17,18,19,20);1-2H3. The summed E-state index contributed by atoms with van der Waals surface area (Å²) in [4.78, 5) is 10.5. The minimum absolute atomic E-state index is 0.385. The number of aryl methyl sites for hydroxylation is 1. The highest BCUT2D eigenvalue weighted by atomic mass is 32.2. The number of benzene rings is 1. The van der Waals surface area contributed by atoms with Gasteiger partial charge >= 0.3 is 0 Å². The Morgan fingerprint density at radius 1 is 1.21 bits per heavy atom. The normalized spacial score (nSPS) is 10.2. The van der Waals surface area contributed by atoms with Gasteiger partial charge in [-0.3, -0.25) is 0 Å². The zero-order chi connectivity index (χ0) is 18.3. The lowest BCUT2D eigenvalue weighted by atomic mass is 10.0. The quantitative estimate of drug-likeness (QED) is 0.814. The molecule has 0 spiro atoms. The molecular weight excluding hydrogens is 320 g/mol. The lowest BCUT2D eigenvalue weighted by Gasteiger charge is -2.16. The van der Waals surface area contributed by atoms with Gasteiger partial charge in [0.1, 0.15) is 11.6 Å². The topological polar surface area (TPSA) is 73.1 Å². The number of aromatic nitrogens is 2. The Hall–Kier alpha value is -1.95. The zero-order valence-corrected chi connectivity index (χ0v) is 16.4. The largest absolute Gasteiger partial charge is 0.496 e. The van der Waals surface area contributed by atoms with Crippen molar-refractivity contribution in [3.63, 3.8) is 0 Å². The van der Waals surface area contributed by atoms with E-state index < -0.39 is 0 Å². The number of ether oxygens (including phenoxy) is 1. The summed E-state index contributed by atoms with van der Waals surface area (Å²) < 4.78 is 5.43. The molecule has 0 saturated heterocycles. The second kappa shape index (κ2) is 9.37. The molecule has 0 aliphatic carbocycles. The summed E-state index contributed by atoms with van der Waals surface area (Å²) >= 11 is 1.59. The van der Waals surface area contributed by atoms with Gasteiger partial charge in [0.15, 0.2) is 0 Å². The summed E-state index contributed by atoms with van der Waals surface area (Å²) in [6, 6.07) is 4.23. The third-order valence-corrected chi connectivity index (χ3v) is 4.48. The number of nitrogen functional groups attached to an aromatic ring is 1. The Bertz CT molecular complexity index is 674. The number of nitrogens with one attached hydrogen (secondary N) is 1. The second-order valence-corrected chi connectivity index (χ2v) is 6.39. The van der Waals surface area contributed by atoms with Crippen molar-refractivity contribution in [2.24, 2.45) is 0 Å². The van der Waals surface area contributed by atoms with E-state index in [4.69, 9.17) is 10.5 Å². The third-order valence-electron chi connectivity index (χ3n) is 3.38. The Kier molecular flexibility index (Phi) is 7.85. The minimum Gasteiger partial charge on any atom is -0.496 e. The SMILES string of the molecule is CC.CNc1ncc(Sc2cc(C)c(OC)cc2C(C)C)c(N)n1. The van der Waals surface area contributed by atoms with Crippen LogP contribution in [-0.2, 0) is 0 Å². The fourth-order valence-corrected chi connectivity index (χ4v) is 3.28. The van der Waals surface area contributed by atoms with E-state index in [9.17, 15) is 0 Å². The first kappa shape index (κ1) is 20.1. The van der Waals surface area contributed by atoms with Crippen LogP contribution in [0.2, 0.25) is 0 Å². The van der Waals surface area contributed by atoms with Gasteiger partial charge in [0.2, 0.25) is 5.95 Å². The van der Waals surface area contributed by atoms with Crippen LogP contribution in [0.1, 0.15) is 44.7 Å². The van der Waals surface area contributed by atoms with Gasteiger partial charge in [-0.1, -0.05) is 39.5 Å². The predicted molar refractivity (Wildman–Crippen MR) is 103 cm³/mol. The summed E-state index contributed by atoms with van der Waals surface area (Å²) in [5.41, 5.74) is 8.35. The zero-order valence-electron chi connectivity index (χ0n) is 15.6. The van der Waals surface area contributed by atoms with E-state index in [-0.39, 0.29) is 0 Å². The van der Waals surface area contributed by atoms with E-state index in [0.717, 1.165) is 21.1 Å². The highest BCUT2D eigenvalue weighted by molar-refractivity contribution is 7.99. The van der Waals surface area contributed by atoms with Crippen molar-refractivity contribution in [1.29, 1.82) is 0 Å². The van der Waals surface area contributed by atoms with Crippen LogP contribution in [0.5, 0.6) is 5.75 Å². The van der Waals surface area contributed by atoms with Crippen LogP contribution in [0.3, 0.4) is 0 Å². The molecule has 1 aromatic heterocycles. The molecular formula is C18H28N4OS. The summed E-state index contributed by atoms with van der Waals surface area (Å²) in [7, 11) is 3.47. The molecule has 0 amide bonds. The van der Waals surface area contributed by atoms with Crippen molar-refractivity contribution in [2.45, 2.75) is 50.3 Å². The molecule has 5 nitrogen and oxygen atoms in total. The van der Waals surface area contributed by atoms with Gasteiger partial charge in [0.05, 0.1) is 12.0 Å². The molecule has 2 rings (SSSR count). The van der Waals surface area contributed by atoms with E-state index in [2.05, 4.69) is 41.3 Å². The Labute approximate surface area is 149 Å². The van der Waals surface area contributed by atoms with E-state index in [0.29, 0.717) is 17.7 Å². The van der Waals surface area contributed by atoms with Gasteiger partial charge in [0.25, 0.3) is 0 Å². The molecule has 0 aliphatic heterocycles. The number of anilines is 2. The van der Waals surface area contributed by atoms with Crippen LogP contribution in [0.15, 0.2) is 28.1 Å². The van der Waals surface area contributed by atoms with Crippen LogP contribution in [-0.4, -0.2) is 24.1 Å². The highest BCUT2D eigenvalue weighted by Crippen LogP contribution is 2.39. The first-order valence-electron chi connectivity index (χ1n) is 8.13. The molecule has 0 unspecified atom stereocenters. The lowest BCUT2D eigenvalue weighted by molar-refractivity contribution is 0.410. The molecule has 3 N–H and O–H groups in total. The molecule has 0 saturated carbocycles. The highest BCUT2D eigenvalue weighted by Gasteiger charge is 2.14. The van der Waals surface area contributed by atoms with Crippen molar-refractivity contribution in [3.8, 4) is 5.75 Å². The molecule has 2 aromatic rings. The molecule has 132 valence electrons. The summed E-state index contributed by atoms with van der Waals surface area (Å²) in [5.74, 6) is 2.29. The minimum atomic E-state index is 0.385. The van der Waals surface area contributed by atoms with Crippen LogP contribution in [0, 0.1) is 6.92 Å². The summed E-state index contributed by atoms with van der Waals surface area (Å²) in [6.07, 6.45) is 1.75. The van der Waals surface area contributed by atoms with Crippen molar-refractivity contribution in [3.05, 3.63) is 29.5 Å². The van der Waals surface area contributed by atoms with Gasteiger partial charge in [-0.15, -0.1) is 0 Å². The molecule has 1 heterocycles. The number of hydrogen-bond acceptors (Lipinski definition) is 6. The van der Waals surface area contributed by atoms with Crippen LogP contribution in [0.25, 0.3) is 0 Å². The van der Waals surface area contributed by atoms with Gasteiger partial charge < -0.3 is 15.8 Å². The average molecular weight is 349 g/mol. The van der Waals surface area contributed by atoms with Gasteiger partial charge in [0, 0.05) is 18.1 Å². The van der Waals surface area contributed by atoms with Crippen LogP contribution >= 0.6 is 11.8 Å². The van der Waals surface area contributed by atoms with E-state index >= 15 is 0 Å². The van der Waals surface area contributed by atoms with Crippen LogP contribution < -0.4 is 15.8 Å². The van der Waals surface area contributed by atoms with E-state index in [1.54, 1.807) is 32.1 Å². The molecule has 1 aromatic carbocycles. The smallest absolute Gasteiger partial charge is 0.224 e. The molecule has 0 aliphatic rings. The first-order valence-corrected chi connectivity index (χ1v) is 8.94. The fraction of sp³-hybridized carbons (Fsp3) is 0.444. The first-order chi connectivity index (χ1) is 11.5. The monoisotopic (exact) mass is 348 g/mol. The number of rotatable bonds is 5. The van der Waals surface area contributed by atoms with Gasteiger partial charge in [-0.2, -0.15) is 4.98 Å². The number of methoxy groups -OCH3 is 1. The molecule has 24 heavy (non-hydrogen) atoms. The molecule has 6 heteroatoms. The molecule has 0 radical (unpaired) electrons. The number of nitrogens with zero attached hydrogens (tertiary/aromatic N) is 2. The lowest BCUT2D eigenvalue weighted by Crippen LogP contribution is -2.01. The molecule has 0 bridgehead atoms. The number of hydrogen-bond donors (Lipinski definition) is 2. The molecule has 0 fully saturated rings. The average Bonchev–Trinajstić information content (AvgIpc) is 2.58. The predicted octanol–water partition coefficient (Wildman–Crippen LogP) is 4.72. The van der Waals surface area contributed by atoms with Crippen molar-refractivity contribution in [1.82, 2.24) is 9.97 Å². The summed E-state index contributed by atoms with van der Waals surface area (Å²) in [5, 5.41) is 2.88. The van der Waals surface area contributed by atoms with Crippen LogP contribution in [0.4, 0.5) is 11.8 Å². The Morgan fingerprint density at radius 3 is 2.38 bits per heavy atom. The maximum absolute atomic E-state index is 6.03.